The minimum absolute atomic E-state index is 0.474. The summed E-state index contributed by atoms with van der Waals surface area (Å²) in [7, 11) is 0. The molecular weight excluding hydrogens is 266 g/mol. The van der Waals surface area contributed by atoms with Crippen molar-refractivity contribution in [1.82, 2.24) is 24.7 Å². The number of hydrogen-bond acceptors (Lipinski definition) is 5. The van der Waals surface area contributed by atoms with Gasteiger partial charge in [0.25, 0.3) is 5.95 Å². The standard InChI is InChI=1S/C15H15N5O/c1-2-13-14(16-6-1)10-17-15(18-13)20-7-3-12(19-20)11-4-8-21-9-5-11/h1-3,6-7,10-11H,4-5,8-9H2. The Labute approximate surface area is 121 Å². The van der Waals surface area contributed by atoms with Crippen LogP contribution in [0.5, 0.6) is 0 Å². The molecule has 1 aliphatic heterocycles. The third-order valence-corrected chi connectivity index (χ3v) is 3.79. The van der Waals surface area contributed by atoms with E-state index in [4.69, 9.17) is 4.74 Å². The zero-order valence-electron chi connectivity index (χ0n) is 11.5. The van der Waals surface area contributed by atoms with E-state index in [1.165, 1.54) is 0 Å². The summed E-state index contributed by atoms with van der Waals surface area (Å²) < 4.78 is 7.13. The van der Waals surface area contributed by atoms with E-state index in [0.717, 1.165) is 42.8 Å². The van der Waals surface area contributed by atoms with Crippen molar-refractivity contribution in [2.24, 2.45) is 0 Å². The number of nitrogens with zero attached hydrogens (tertiary/aromatic N) is 5. The zero-order valence-corrected chi connectivity index (χ0v) is 11.5. The average Bonchev–Trinajstić information content (AvgIpc) is 3.05. The first-order valence-electron chi connectivity index (χ1n) is 7.11. The van der Waals surface area contributed by atoms with E-state index in [1.807, 2.05) is 24.4 Å². The van der Waals surface area contributed by atoms with Gasteiger partial charge < -0.3 is 4.74 Å². The van der Waals surface area contributed by atoms with Crippen LogP contribution in [0.4, 0.5) is 0 Å². The molecule has 0 spiro atoms. The largest absolute Gasteiger partial charge is 0.381 e. The monoisotopic (exact) mass is 281 g/mol. The number of hydrogen-bond donors (Lipinski definition) is 0. The van der Waals surface area contributed by atoms with E-state index in [9.17, 15) is 0 Å². The SMILES string of the molecule is c1cnc2cnc(-n3ccc(C4CCOCC4)n3)nc2c1. The van der Waals surface area contributed by atoms with Crippen molar-refractivity contribution in [3.05, 3.63) is 42.5 Å². The molecule has 0 aromatic carbocycles. The molecule has 6 nitrogen and oxygen atoms in total. The molecule has 6 heteroatoms. The van der Waals surface area contributed by atoms with E-state index in [0.29, 0.717) is 11.9 Å². The summed E-state index contributed by atoms with van der Waals surface area (Å²) >= 11 is 0. The minimum Gasteiger partial charge on any atom is -0.381 e. The molecule has 1 saturated heterocycles. The number of rotatable bonds is 2. The molecule has 0 unspecified atom stereocenters. The van der Waals surface area contributed by atoms with Gasteiger partial charge >= 0.3 is 0 Å². The van der Waals surface area contributed by atoms with Gasteiger partial charge in [-0.25, -0.2) is 14.6 Å². The Kier molecular flexibility index (Phi) is 3.08. The predicted octanol–water partition coefficient (Wildman–Crippen LogP) is 2.10. The van der Waals surface area contributed by atoms with Crippen LogP contribution in [0, 0.1) is 0 Å². The van der Waals surface area contributed by atoms with Crippen LogP contribution >= 0.6 is 0 Å². The second-order valence-corrected chi connectivity index (χ2v) is 5.15. The highest BCUT2D eigenvalue weighted by molar-refractivity contribution is 5.72. The third-order valence-electron chi connectivity index (χ3n) is 3.79. The lowest BCUT2D eigenvalue weighted by molar-refractivity contribution is 0.0844. The molecule has 1 aliphatic rings. The van der Waals surface area contributed by atoms with Gasteiger partial charge in [-0.2, -0.15) is 5.10 Å². The molecule has 21 heavy (non-hydrogen) atoms. The Morgan fingerprint density at radius 3 is 2.90 bits per heavy atom. The van der Waals surface area contributed by atoms with Crippen LogP contribution in [0.25, 0.3) is 17.0 Å². The summed E-state index contributed by atoms with van der Waals surface area (Å²) in [6, 6.07) is 5.85. The molecule has 0 amide bonds. The predicted molar refractivity (Wildman–Crippen MR) is 77.2 cm³/mol. The molecule has 3 aromatic heterocycles. The van der Waals surface area contributed by atoms with Gasteiger partial charge in [0.2, 0.25) is 0 Å². The highest BCUT2D eigenvalue weighted by Crippen LogP contribution is 2.25. The Morgan fingerprint density at radius 2 is 2.00 bits per heavy atom. The van der Waals surface area contributed by atoms with Crippen LogP contribution in [0.1, 0.15) is 24.5 Å². The Balaban J connectivity index is 1.67. The van der Waals surface area contributed by atoms with Gasteiger partial charge in [-0.15, -0.1) is 0 Å². The van der Waals surface area contributed by atoms with Gasteiger partial charge in [-0.1, -0.05) is 0 Å². The summed E-state index contributed by atoms with van der Waals surface area (Å²) in [5.41, 5.74) is 2.71. The lowest BCUT2D eigenvalue weighted by Gasteiger charge is -2.19. The number of fused-ring (bicyclic) bond motifs is 1. The van der Waals surface area contributed by atoms with E-state index >= 15 is 0 Å². The Bertz CT molecular complexity index is 763. The van der Waals surface area contributed by atoms with E-state index < -0.39 is 0 Å². The van der Waals surface area contributed by atoms with Crippen LogP contribution in [-0.4, -0.2) is 37.9 Å². The molecule has 0 radical (unpaired) electrons. The third kappa shape index (κ3) is 2.38. The fourth-order valence-corrected chi connectivity index (χ4v) is 2.63. The van der Waals surface area contributed by atoms with E-state index in [2.05, 4.69) is 20.1 Å². The molecule has 0 aliphatic carbocycles. The molecule has 3 aromatic rings. The van der Waals surface area contributed by atoms with E-state index in [-0.39, 0.29) is 0 Å². The van der Waals surface area contributed by atoms with Gasteiger partial charge in [0.05, 0.1) is 17.4 Å². The Hall–Kier alpha value is -2.34. The molecule has 0 atom stereocenters. The first-order valence-corrected chi connectivity index (χ1v) is 7.11. The van der Waals surface area contributed by atoms with Crippen molar-refractivity contribution in [3.8, 4) is 5.95 Å². The second kappa shape index (κ2) is 5.21. The molecule has 106 valence electrons. The maximum absolute atomic E-state index is 5.39. The summed E-state index contributed by atoms with van der Waals surface area (Å²) in [4.78, 5) is 13.1. The smallest absolute Gasteiger partial charge is 0.251 e. The molecule has 0 bridgehead atoms. The summed E-state index contributed by atoms with van der Waals surface area (Å²) in [6.45, 7) is 1.63. The number of pyridine rings is 1. The first kappa shape index (κ1) is 12.4. The maximum Gasteiger partial charge on any atom is 0.251 e. The van der Waals surface area contributed by atoms with Gasteiger partial charge in [0, 0.05) is 31.5 Å². The zero-order chi connectivity index (χ0) is 14.1. The molecule has 4 heterocycles. The van der Waals surface area contributed by atoms with Crippen molar-refractivity contribution < 1.29 is 4.74 Å². The summed E-state index contributed by atoms with van der Waals surface area (Å²) in [6.07, 6.45) is 7.44. The van der Waals surface area contributed by atoms with Crippen LogP contribution in [0.2, 0.25) is 0 Å². The molecule has 4 rings (SSSR count). The molecular formula is C15H15N5O. The van der Waals surface area contributed by atoms with Crippen molar-refractivity contribution in [2.75, 3.05) is 13.2 Å². The van der Waals surface area contributed by atoms with Crippen molar-refractivity contribution >= 4 is 11.0 Å². The molecule has 0 saturated carbocycles. The topological polar surface area (TPSA) is 65.7 Å². The molecule has 1 fully saturated rings. The lowest BCUT2D eigenvalue weighted by atomic mass is 9.97. The molecule has 0 N–H and O–H groups in total. The summed E-state index contributed by atoms with van der Waals surface area (Å²) in [5, 5.41) is 4.63. The number of aromatic nitrogens is 5. The van der Waals surface area contributed by atoms with Gasteiger partial charge in [-0.05, 0) is 31.0 Å². The second-order valence-electron chi connectivity index (χ2n) is 5.15. The summed E-state index contributed by atoms with van der Waals surface area (Å²) in [5.74, 6) is 1.05. The Morgan fingerprint density at radius 1 is 1.10 bits per heavy atom. The first-order chi connectivity index (χ1) is 10.4. The van der Waals surface area contributed by atoms with Crippen LogP contribution in [0.3, 0.4) is 0 Å². The van der Waals surface area contributed by atoms with Crippen LogP contribution < -0.4 is 0 Å². The highest BCUT2D eigenvalue weighted by Gasteiger charge is 2.18. The lowest BCUT2D eigenvalue weighted by Crippen LogP contribution is -2.15. The van der Waals surface area contributed by atoms with Crippen LogP contribution in [0.15, 0.2) is 36.8 Å². The fourth-order valence-electron chi connectivity index (χ4n) is 2.63. The van der Waals surface area contributed by atoms with Gasteiger partial charge in [0.1, 0.15) is 5.52 Å². The van der Waals surface area contributed by atoms with Crippen LogP contribution in [-0.2, 0) is 4.74 Å². The van der Waals surface area contributed by atoms with Crippen molar-refractivity contribution in [2.45, 2.75) is 18.8 Å². The fraction of sp³-hybridized carbons (Fsp3) is 0.333. The highest BCUT2D eigenvalue weighted by atomic mass is 16.5. The number of ether oxygens (including phenoxy) is 1. The van der Waals surface area contributed by atoms with Crippen molar-refractivity contribution in [1.29, 1.82) is 0 Å². The van der Waals surface area contributed by atoms with Gasteiger partial charge in [-0.3, -0.25) is 4.98 Å². The minimum atomic E-state index is 0.474. The quantitative estimate of drug-likeness (QED) is 0.719. The van der Waals surface area contributed by atoms with E-state index in [1.54, 1.807) is 17.1 Å². The average molecular weight is 281 g/mol. The van der Waals surface area contributed by atoms with Gasteiger partial charge in [0.15, 0.2) is 0 Å². The van der Waals surface area contributed by atoms with Crippen molar-refractivity contribution in [3.63, 3.8) is 0 Å². The maximum atomic E-state index is 5.39. The normalized spacial score (nSPS) is 16.4.